The number of halogens is 1. The number of ether oxygens (including phenoxy) is 5. The predicted octanol–water partition coefficient (Wildman–Crippen LogP) is 8.18. The van der Waals surface area contributed by atoms with Crippen LogP contribution >= 0.6 is 22.6 Å². The lowest BCUT2D eigenvalue weighted by molar-refractivity contribution is -0.256. The lowest BCUT2D eigenvalue weighted by Crippen LogP contribution is -2.68. The monoisotopic (exact) mass is 851 g/mol. The van der Waals surface area contributed by atoms with Gasteiger partial charge in [-0.2, -0.15) is 0 Å². The quantitative estimate of drug-likeness (QED) is 0.0871. The number of amides is 1. The van der Waals surface area contributed by atoms with E-state index in [1.165, 1.54) is 0 Å². The highest BCUT2D eigenvalue weighted by Gasteiger charge is 2.88. The molecule has 2 aromatic rings. The van der Waals surface area contributed by atoms with Crippen LogP contribution < -0.4 is 0 Å². The fourth-order valence-electron chi connectivity index (χ4n) is 12.7. The van der Waals surface area contributed by atoms with Gasteiger partial charge in [-0.3, -0.25) is 9.59 Å². The number of hydrogen-bond donors (Lipinski definition) is 0. The molecule has 3 saturated carbocycles. The Morgan fingerprint density at radius 2 is 1.57 bits per heavy atom. The number of fused-ring (bicyclic) bond motifs is 2. The smallest absolute Gasteiger partial charge is 0.318 e. The second-order valence-electron chi connectivity index (χ2n) is 17.1. The van der Waals surface area contributed by atoms with Crippen molar-refractivity contribution in [1.82, 2.24) is 4.90 Å². The van der Waals surface area contributed by atoms with Crippen molar-refractivity contribution in [3.63, 3.8) is 0 Å². The minimum atomic E-state index is -1.05. The van der Waals surface area contributed by atoms with Crippen molar-refractivity contribution in [2.45, 2.75) is 97.4 Å². The summed E-state index contributed by atoms with van der Waals surface area (Å²) in [6.07, 6.45) is 5.10. The summed E-state index contributed by atoms with van der Waals surface area (Å²) in [4.78, 5) is 31.4. The maximum Gasteiger partial charge on any atom is 0.318 e. The molecule has 4 bridgehead atoms. The van der Waals surface area contributed by atoms with Crippen LogP contribution in [0.1, 0.15) is 84.0 Å². The SMILES string of the molecule is CCN(CC)C(=O)COC1C[C@H](C23C[C@@H]4[C@H](C)CC[C@H]4C4(C5OCCO5)CC2C=C(C(C)C)C43C(=O)OC(c2ccccc2)c2ccccc2)OC1CI. The maximum absolute atomic E-state index is 16.4. The van der Waals surface area contributed by atoms with E-state index in [9.17, 15) is 4.79 Å². The molecule has 8 nitrogen and oxygen atoms in total. The zero-order valence-electron chi connectivity index (χ0n) is 32.6. The first-order valence-electron chi connectivity index (χ1n) is 20.5. The van der Waals surface area contributed by atoms with E-state index in [1.54, 1.807) is 0 Å². The van der Waals surface area contributed by atoms with Gasteiger partial charge in [-0.05, 0) is 73.8 Å². The minimum Gasteiger partial charge on any atom is -0.452 e. The molecule has 1 amide bonds. The van der Waals surface area contributed by atoms with Crippen LogP contribution in [-0.4, -0.2) is 78.7 Å². The van der Waals surface area contributed by atoms with Gasteiger partial charge < -0.3 is 28.6 Å². The van der Waals surface area contributed by atoms with Gasteiger partial charge in [-0.15, -0.1) is 0 Å². The Balaban J connectivity index is 1.29. The average Bonchev–Trinajstić information content (AvgIpc) is 4.02. The fourth-order valence-corrected chi connectivity index (χ4v) is 13.5. The predicted molar refractivity (Wildman–Crippen MR) is 215 cm³/mol. The van der Waals surface area contributed by atoms with Crippen molar-refractivity contribution < 1.29 is 33.3 Å². The standard InChI is InChI=1S/C45H58INO7/c1-6-47(7-2)39(48)27-52-36-23-38(53-37(36)26-46)43-25-33-29(5)18-19-34(33)44(42-50-20-21-51-42)24-32(43)22-35(28(3)4)45(43,44)41(49)54-40(30-14-10-8-11-15-30)31-16-12-9-13-17-31/h8-17,22,28-29,32-34,36-38,40,42H,6-7,18-21,23-27H2,1-5H3/t29-,32?,33-,34-,36?,37?,38-,43?,44?,45?/m1/s1. The highest BCUT2D eigenvalue weighted by molar-refractivity contribution is 14.1. The van der Waals surface area contributed by atoms with Gasteiger partial charge in [0.15, 0.2) is 12.4 Å². The molecule has 2 aliphatic heterocycles. The molecule has 8 rings (SSSR count). The molecule has 2 heterocycles. The molecule has 2 aromatic carbocycles. The summed E-state index contributed by atoms with van der Waals surface area (Å²) in [5.74, 6) is 1.14. The number of nitrogens with zero attached hydrogens (tertiary/aromatic N) is 1. The van der Waals surface area contributed by atoms with E-state index >= 15 is 4.79 Å². The minimum absolute atomic E-state index is 0.00117. The lowest BCUT2D eigenvalue weighted by atomic mass is 9.41. The largest absolute Gasteiger partial charge is 0.452 e. The van der Waals surface area contributed by atoms with Crippen molar-refractivity contribution in [3.8, 4) is 0 Å². The molecule has 0 N–H and O–H groups in total. The fraction of sp³-hybridized carbons (Fsp3) is 0.644. The van der Waals surface area contributed by atoms with Crippen molar-refractivity contribution in [2.24, 2.45) is 45.8 Å². The van der Waals surface area contributed by atoms with E-state index in [4.69, 9.17) is 23.7 Å². The van der Waals surface area contributed by atoms with Crippen LogP contribution in [0, 0.1) is 45.8 Å². The summed E-state index contributed by atoms with van der Waals surface area (Å²) in [6.45, 7) is 13.3. The van der Waals surface area contributed by atoms with E-state index in [2.05, 4.69) is 73.7 Å². The molecule has 0 aromatic heterocycles. The number of carbonyl (C=O) groups excluding carboxylic acids is 2. The number of hydrogen-bond acceptors (Lipinski definition) is 7. The van der Waals surface area contributed by atoms with Crippen LogP contribution in [0.3, 0.4) is 0 Å². The van der Waals surface area contributed by atoms with E-state index in [1.807, 2.05) is 55.1 Å². The van der Waals surface area contributed by atoms with Gasteiger partial charge in [0, 0.05) is 34.8 Å². The second kappa shape index (κ2) is 15.2. The van der Waals surface area contributed by atoms with Crippen LogP contribution in [0.4, 0.5) is 0 Å². The van der Waals surface area contributed by atoms with Crippen molar-refractivity contribution in [1.29, 1.82) is 0 Å². The first-order chi connectivity index (χ1) is 26.2. The van der Waals surface area contributed by atoms with Crippen molar-refractivity contribution >= 4 is 34.5 Å². The Labute approximate surface area is 335 Å². The first kappa shape index (κ1) is 38.6. The summed E-state index contributed by atoms with van der Waals surface area (Å²) in [7, 11) is 0. The Morgan fingerprint density at radius 1 is 0.926 bits per heavy atom. The first-order valence-corrected chi connectivity index (χ1v) is 22.1. The third kappa shape index (κ3) is 5.63. The summed E-state index contributed by atoms with van der Waals surface area (Å²) in [5.41, 5.74) is 0.787. The number of alkyl halides is 1. The zero-order chi connectivity index (χ0) is 37.8. The summed E-state index contributed by atoms with van der Waals surface area (Å²) < 4.78 is 35.1. The number of benzene rings is 2. The zero-order valence-corrected chi connectivity index (χ0v) is 34.7. The molecular weight excluding hydrogens is 793 g/mol. The van der Waals surface area contributed by atoms with Crippen LogP contribution in [0.5, 0.6) is 0 Å². The highest BCUT2D eigenvalue weighted by Crippen LogP contribution is 2.86. The molecule has 10 atom stereocenters. The Kier molecular flexibility index (Phi) is 10.9. The van der Waals surface area contributed by atoms with Crippen LogP contribution in [0.15, 0.2) is 72.3 Å². The van der Waals surface area contributed by atoms with E-state index in [0.29, 0.717) is 44.6 Å². The van der Waals surface area contributed by atoms with Gasteiger partial charge in [0.05, 0.1) is 31.5 Å². The molecule has 9 heteroatoms. The number of rotatable bonds is 13. The molecule has 54 heavy (non-hydrogen) atoms. The molecule has 5 fully saturated rings. The van der Waals surface area contributed by atoms with Gasteiger partial charge in [0.2, 0.25) is 5.91 Å². The average molecular weight is 852 g/mol. The molecule has 4 aliphatic carbocycles. The third-order valence-corrected chi connectivity index (χ3v) is 15.6. The molecule has 0 spiro atoms. The lowest BCUT2D eigenvalue weighted by Gasteiger charge is -2.63. The van der Waals surface area contributed by atoms with Crippen LogP contribution in [0.2, 0.25) is 0 Å². The maximum atomic E-state index is 16.4. The van der Waals surface area contributed by atoms with E-state index in [0.717, 1.165) is 46.8 Å². The van der Waals surface area contributed by atoms with Gasteiger partial charge >= 0.3 is 5.97 Å². The summed E-state index contributed by atoms with van der Waals surface area (Å²) in [5, 5.41) is 0. The van der Waals surface area contributed by atoms with Crippen molar-refractivity contribution in [3.05, 3.63) is 83.4 Å². The third-order valence-electron chi connectivity index (χ3n) is 14.7. The van der Waals surface area contributed by atoms with E-state index in [-0.39, 0.29) is 54.5 Å². The summed E-state index contributed by atoms with van der Waals surface area (Å²) >= 11 is 2.40. The summed E-state index contributed by atoms with van der Waals surface area (Å²) in [6, 6.07) is 20.3. The molecule has 2 saturated heterocycles. The number of esters is 1. The molecule has 0 radical (unpaired) electrons. The van der Waals surface area contributed by atoms with Crippen molar-refractivity contribution in [2.75, 3.05) is 37.3 Å². The van der Waals surface area contributed by atoms with Crippen LogP contribution in [-0.2, 0) is 33.3 Å². The Morgan fingerprint density at radius 3 is 2.17 bits per heavy atom. The highest BCUT2D eigenvalue weighted by atomic mass is 127. The normalized spacial score (nSPS) is 36.9. The Bertz CT molecular complexity index is 1650. The number of likely N-dealkylation sites (N-methyl/N-ethyl adjacent to an activating group) is 1. The number of allylic oxidation sites excluding steroid dienone is 1. The van der Waals surface area contributed by atoms with Gasteiger partial charge in [0.1, 0.15) is 12.0 Å². The van der Waals surface area contributed by atoms with E-state index < -0.39 is 28.6 Å². The van der Waals surface area contributed by atoms with Crippen LogP contribution in [0.25, 0.3) is 0 Å². The molecule has 292 valence electrons. The van der Waals surface area contributed by atoms with Gasteiger partial charge in [-0.1, -0.05) is 122 Å². The molecular formula is C45H58INO7. The van der Waals surface area contributed by atoms with Gasteiger partial charge in [-0.25, -0.2) is 0 Å². The molecule has 6 unspecified atom stereocenters. The second-order valence-corrected chi connectivity index (χ2v) is 18.0. The van der Waals surface area contributed by atoms with Gasteiger partial charge in [0.25, 0.3) is 0 Å². The Hall–Kier alpha value is -2.31. The number of carbonyl (C=O) groups is 2. The molecule has 6 aliphatic rings. The topological polar surface area (TPSA) is 83.5 Å².